The molecule has 19 heavy (non-hydrogen) atoms. The Balaban J connectivity index is 2.59. The average Bonchev–Trinajstić information content (AvgIpc) is 2.37. The van der Waals surface area contributed by atoms with Crippen LogP contribution in [0.15, 0.2) is 40.9 Å². The van der Waals surface area contributed by atoms with Gasteiger partial charge in [0.15, 0.2) is 0 Å². The topological polar surface area (TPSA) is 38.0 Å². The van der Waals surface area contributed by atoms with E-state index in [9.17, 15) is 4.39 Å². The zero-order chi connectivity index (χ0) is 14.0. The molecule has 0 fully saturated rings. The van der Waals surface area contributed by atoms with E-state index in [0.29, 0.717) is 25.6 Å². The van der Waals surface area contributed by atoms with Crippen molar-refractivity contribution in [2.75, 3.05) is 0 Å². The highest BCUT2D eigenvalue weighted by Gasteiger charge is 2.21. The van der Waals surface area contributed by atoms with E-state index >= 15 is 0 Å². The van der Waals surface area contributed by atoms with E-state index in [1.54, 1.807) is 30.3 Å². The second kappa shape index (κ2) is 6.20. The van der Waals surface area contributed by atoms with E-state index in [2.05, 4.69) is 21.4 Å². The van der Waals surface area contributed by atoms with Crippen molar-refractivity contribution in [3.8, 4) is 0 Å². The predicted molar refractivity (Wildman–Crippen MR) is 79.7 cm³/mol. The number of nitrogens with one attached hydrogen (secondary N) is 1. The molecule has 3 N–H and O–H groups in total. The fraction of sp³-hybridized carbons (Fsp3) is 0.0769. The van der Waals surface area contributed by atoms with E-state index in [1.165, 1.54) is 6.07 Å². The van der Waals surface area contributed by atoms with Gasteiger partial charge >= 0.3 is 0 Å². The number of hydrogen-bond acceptors (Lipinski definition) is 2. The number of nitrogens with two attached hydrogens (primary N) is 1. The monoisotopic (exact) mass is 362 g/mol. The molecule has 1 unspecified atom stereocenters. The average molecular weight is 364 g/mol. The number of benzene rings is 2. The molecule has 0 aromatic heterocycles. The Kier molecular flexibility index (Phi) is 4.81. The molecule has 0 aliphatic rings. The normalized spacial score (nSPS) is 12.5. The smallest absolute Gasteiger partial charge is 0.129 e. The van der Waals surface area contributed by atoms with E-state index in [1.807, 2.05) is 0 Å². The first-order valence-electron chi connectivity index (χ1n) is 5.39. The molecule has 1 atom stereocenters. The molecule has 0 saturated carbocycles. The fourth-order valence-electron chi connectivity index (χ4n) is 1.85. The third-order valence-corrected chi connectivity index (χ3v) is 3.99. The van der Waals surface area contributed by atoms with Crippen molar-refractivity contribution >= 4 is 39.1 Å². The lowest BCUT2D eigenvalue weighted by Crippen LogP contribution is -2.30. The second-order valence-corrected chi connectivity index (χ2v) is 5.60. The molecular weight excluding hydrogens is 354 g/mol. The summed E-state index contributed by atoms with van der Waals surface area (Å²) >= 11 is 15.4. The van der Waals surface area contributed by atoms with Crippen LogP contribution in [-0.2, 0) is 0 Å². The quantitative estimate of drug-likeness (QED) is 0.624. The number of hydrazine groups is 1. The van der Waals surface area contributed by atoms with Gasteiger partial charge in [0.05, 0.1) is 6.04 Å². The van der Waals surface area contributed by atoms with Crippen molar-refractivity contribution in [3.05, 3.63) is 67.9 Å². The van der Waals surface area contributed by atoms with Gasteiger partial charge < -0.3 is 0 Å². The van der Waals surface area contributed by atoms with E-state index in [0.717, 1.165) is 0 Å². The van der Waals surface area contributed by atoms with Crippen molar-refractivity contribution in [2.24, 2.45) is 5.84 Å². The van der Waals surface area contributed by atoms with Gasteiger partial charge in [-0.1, -0.05) is 45.2 Å². The van der Waals surface area contributed by atoms with E-state index in [4.69, 9.17) is 29.0 Å². The number of halogens is 4. The van der Waals surface area contributed by atoms with E-state index < -0.39 is 6.04 Å². The standard InChI is InChI=1S/C13H10BrCl2FN2/c14-9-2-1-3-11(17)12(9)13(19-18)8-6-7(15)4-5-10(8)16/h1-6,13,19H,18H2. The summed E-state index contributed by atoms with van der Waals surface area (Å²) in [6.45, 7) is 0. The Hall–Kier alpha value is -0.650. The Morgan fingerprint density at radius 1 is 1.21 bits per heavy atom. The van der Waals surface area contributed by atoms with Crippen LogP contribution in [0, 0.1) is 5.82 Å². The zero-order valence-corrected chi connectivity index (χ0v) is 12.7. The van der Waals surface area contributed by atoms with Crippen molar-refractivity contribution in [1.82, 2.24) is 5.43 Å². The van der Waals surface area contributed by atoms with Gasteiger partial charge in [-0.2, -0.15) is 0 Å². The third kappa shape index (κ3) is 3.09. The lowest BCUT2D eigenvalue weighted by Gasteiger charge is -2.20. The maximum absolute atomic E-state index is 14.0. The lowest BCUT2D eigenvalue weighted by atomic mass is 9.99. The predicted octanol–water partition coefficient (Wildman–Crippen LogP) is 4.45. The summed E-state index contributed by atoms with van der Waals surface area (Å²) in [4.78, 5) is 0. The summed E-state index contributed by atoms with van der Waals surface area (Å²) in [6, 6.07) is 9.09. The Morgan fingerprint density at radius 2 is 1.95 bits per heavy atom. The summed E-state index contributed by atoms with van der Waals surface area (Å²) in [5.74, 6) is 5.17. The van der Waals surface area contributed by atoms with Crippen LogP contribution >= 0.6 is 39.1 Å². The molecule has 2 nitrogen and oxygen atoms in total. The lowest BCUT2D eigenvalue weighted by molar-refractivity contribution is 0.558. The molecule has 2 aromatic carbocycles. The highest BCUT2D eigenvalue weighted by atomic mass is 79.9. The van der Waals surface area contributed by atoms with Gasteiger partial charge in [-0.3, -0.25) is 5.84 Å². The molecule has 100 valence electrons. The minimum absolute atomic E-state index is 0.381. The molecule has 0 aliphatic carbocycles. The maximum atomic E-state index is 14.0. The van der Waals surface area contributed by atoms with Gasteiger partial charge in [-0.05, 0) is 35.9 Å². The molecule has 2 rings (SSSR count). The SMILES string of the molecule is NNC(c1cc(Cl)ccc1Cl)c1c(F)cccc1Br. The van der Waals surface area contributed by atoms with Crippen molar-refractivity contribution in [2.45, 2.75) is 6.04 Å². The Morgan fingerprint density at radius 3 is 2.58 bits per heavy atom. The van der Waals surface area contributed by atoms with Crippen LogP contribution in [-0.4, -0.2) is 0 Å². The van der Waals surface area contributed by atoms with Crippen molar-refractivity contribution in [3.63, 3.8) is 0 Å². The molecule has 0 heterocycles. The van der Waals surface area contributed by atoms with Crippen LogP contribution in [0.1, 0.15) is 17.2 Å². The minimum Gasteiger partial charge on any atom is -0.271 e. The van der Waals surface area contributed by atoms with E-state index in [-0.39, 0.29) is 5.82 Å². The molecule has 2 aromatic rings. The highest BCUT2D eigenvalue weighted by molar-refractivity contribution is 9.10. The van der Waals surface area contributed by atoms with Crippen LogP contribution in [0.4, 0.5) is 4.39 Å². The third-order valence-electron chi connectivity index (χ3n) is 2.72. The Bertz CT molecular complexity index is 587. The molecule has 0 bridgehead atoms. The molecule has 0 spiro atoms. The zero-order valence-electron chi connectivity index (χ0n) is 9.63. The first-order chi connectivity index (χ1) is 9.04. The highest BCUT2D eigenvalue weighted by Crippen LogP contribution is 2.34. The van der Waals surface area contributed by atoms with Crippen LogP contribution in [0.2, 0.25) is 10.0 Å². The molecule has 6 heteroatoms. The van der Waals surface area contributed by atoms with Gasteiger partial charge in [0.2, 0.25) is 0 Å². The van der Waals surface area contributed by atoms with Gasteiger partial charge in [-0.25, -0.2) is 9.82 Å². The maximum Gasteiger partial charge on any atom is 0.129 e. The minimum atomic E-state index is -0.596. The van der Waals surface area contributed by atoms with Crippen LogP contribution in [0.3, 0.4) is 0 Å². The fourth-order valence-corrected chi connectivity index (χ4v) is 2.83. The first-order valence-corrected chi connectivity index (χ1v) is 6.94. The van der Waals surface area contributed by atoms with Crippen LogP contribution < -0.4 is 11.3 Å². The summed E-state index contributed by atoms with van der Waals surface area (Å²) < 4.78 is 14.6. The largest absolute Gasteiger partial charge is 0.271 e. The van der Waals surface area contributed by atoms with Gasteiger partial charge in [-0.15, -0.1) is 0 Å². The molecular formula is C13H10BrCl2FN2. The summed E-state index contributed by atoms with van der Waals surface area (Å²) in [7, 11) is 0. The van der Waals surface area contributed by atoms with Crippen molar-refractivity contribution < 1.29 is 4.39 Å². The van der Waals surface area contributed by atoms with Crippen LogP contribution in [0.5, 0.6) is 0 Å². The second-order valence-electron chi connectivity index (χ2n) is 3.90. The Labute approximate surface area is 128 Å². The van der Waals surface area contributed by atoms with Gasteiger partial charge in [0.25, 0.3) is 0 Å². The summed E-state index contributed by atoms with van der Waals surface area (Å²) in [6.07, 6.45) is 0. The summed E-state index contributed by atoms with van der Waals surface area (Å²) in [5, 5.41) is 0.967. The van der Waals surface area contributed by atoms with Gasteiger partial charge in [0.1, 0.15) is 5.82 Å². The summed E-state index contributed by atoms with van der Waals surface area (Å²) in [5.41, 5.74) is 3.57. The molecule has 0 radical (unpaired) electrons. The first kappa shape index (κ1) is 14.8. The van der Waals surface area contributed by atoms with Crippen molar-refractivity contribution in [1.29, 1.82) is 0 Å². The van der Waals surface area contributed by atoms with Crippen LogP contribution in [0.25, 0.3) is 0 Å². The number of rotatable bonds is 3. The molecule has 0 amide bonds. The van der Waals surface area contributed by atoms with Gasteiger partial charge in [0, 0.05) is 20.1 Å². The number of hydrogen-bond donors (Lipinski definition) is 2. The molecule has 0 saturated heterocycles. The molecule has 0 aliphatic heterocycles.